The van der Waals surface area contributed by atoms with Crippen molar-refractivity contribution in [3.8, 4) is 0 Å². The van der Waals surface area contributed by atoms with Gasteiger partial charge in [0.05, 0.1) is 18.0 Å². The first-order chi connectivity index (χ1) is 7.84. The Morgan fingerprint density at radius 1 is 1.19 bits per heavy atom. The van der Waals surface area contributed by atoms with Crippen LogP contribution in [0.3, 0.4) is 0 Å². The van der Waals surface area contributed by atoms with Crippen molar-refractivity contribution < 1.29 is 4.74 Å². The molecule has 3 heteroatoms. The van der Waals surface area contributed by atoms with Crippen LogP contribution in [0.1, 0.15) is 6.42 Å². The fourth-order valence-corrected chi connectivity index (χ4v) is 2.85. The molecule has 0 aromatic heterocycles. The van der Waals surface area contributed by atoms with Crippen molar-refractivity contribution in [2.24, 2.45) is 11.8 Å². The second kappa shape index (κ2) is 3.98. The minimum absolute atomic E-state index is 0.702. The van der Waals surface area contributed by atoms with E-state index in [4.69, 9.17) is 10.5 Å². The Labute approximate surface area is 96.2 Å². The number of piperidine rings is 1. The lowest BCUT2D eigenvalue weighted by atomic mass is 9.88. The van der Waals surface area contributed by atoms with Crippen LogP contribution in [-0.4, -0.2) is 26.3 Å². The number of nitrogens with two attached hydrogens (primary N) is 1. The highest BCUT2D eigenvalue weighted by molar-refractivity contribution is 5.67. The Morgan fingerprint density at radius 3 is 2.88 bits per heavy atom. The van der Waals surface area contributed by atoms with Crippen molar-refractivity contribution >= 4 is 11.4 Å². The molecule has 2 aliphatic rings. The molecule has 0 aliphatic carbocycles. The van der Waals surface area contributed by atoms with Gasteiger partial charge in [0.25, 0.3) is 0 Å². The molecule has 3 nitrogen and oxygen atoms in total. The molecule has 0 bridgehead atoms. The molecule has 16 heavy (non-hydrogen) atoms. The predicted molar refractivity (Wildman–Crippen MR) is 65.5 cm³/mol. The van der Waals surface area contributed by atoms with Crippen molar-refractivity contribution in [2.45, 2.75) is 6.42 Å². The van der Waals surface area contributed by atoms with Crippen LogP contribution in [0.25, 0.3) is 0 Å². The molecular formula is C13H18N2O. The van der Waals surface area contributed by atoms with Crippen molar-refractivity contribution in [3.63, 3.8) is 0 Å². The van der Waals surface area contributed by atoms with Crippen LogP contribution in [0.5, 0.6) is 0 Å². The van der Waals surface area contributed by atoms with Crippen molar-refractivity contribution in [1.29, 1.82) is 0 Å². The maximum atomic E-state index is 6.02. The van der Waals surface area contributed by atoms with Gasteiger partial charge in [0, 0.05) is 25.6 Å². The molecule has 1 aromatic carbocycles. The second-order valence-electron chi connectivity index (χ2n) is 4.85. The summed E-state index contributed by atoms with van der Waals surface area (Å²) in [5.74, 6) is 1.48. The maximum absolute atomic E-state index is 6.02. The van der Waals surface area contributed by atoms with Crippen LogP contribution in [0.4, 0.5) is 11.4 Å². The van der Waals surface area contributed by atoms with Crippen molar-refractivity contribution in [1.82, 2.24) is 0 Å². The van der Waals surface area contributed by atoms with E-state index in [1.807, 2.05) is 12.1 Å². The average Bonchev–Trinajstić information content (AvgIpc) is 2.76. The van der Waals surface area contributed by atoms with Gasteiger partial charge in [0.15, 0.2) is 0 Å². The third-order valence-electron chi connectivity index (χ3n) is 3.83. The van der Waals surface area contributed by atoms with Gasteiger partial charge in [-0.3, -0.25) is 0 Å². The molecule has 0 spiro atoms. The molecular weight excluding hydrogens is 200 g/mol. The monoisotopic (exact) mass is 218 g/mol. The number of rotatable bonds is 1. The number of nitrogens with zero attached hydrogens (tertiary/aromatic N) is 1. The lowest BCUT2D eigenvalue weighted by molar-refractivity contribution is 0.182. The van der Waals surface area contributed by atoms with Gasteiger partial charge in [-0.05, 0) is 24.5 Å². The maximum Gasteiger partial charge on any atom is 0.0600 e. The summed E-state index contributed by atoms with van der Waals surface area (Å²) < 4.78 is 5.55. The van der Waals surface area contributed by atoms with Gasteiger partial charge < -0.3 is 15.4 Å². The highest BCUT2D eigenvalue weighted by Crippen LogP contribution is 2.33. The fourth-order valence-electron chi connectivity index (χ4n) is 2.85. The number of benzene rings is 1. The molecule has 2 atom stereocenters. The van der Waals surface area contributed by atoms with Gasteiger partial charge >= 0.3 is 0 Å². The molecule has 0 amide bonds. The van der Waals surface area contributed by atoms with Gasteiger partial charge in [-0.15, -0.1) is 0 Å². The van der Waals surface area contributed by atoms with E-state index in [1.54, 1.807) is 0 Å². The van der Waals surface area contributed by atoms with E-state index >= 15 is 0 Å². The van der Waals surface area contributed by atoms with Gasteiger partial charge in [0.1, 0.15) is 0 Å². The van der Waals surface area contributed by atoms with Crippen LogP contribution in [0, 0.1) is 11.8 Å². The van der Waals surface area contributed by atoms with Crippen LogP contribution >= 0.6 is 0 Å². The Bertz CT molecular complexity index is 380. The quantitative estimate of drug-likeness (QED) is 0.730. The fraction of sp³-hybridized carbons (Fsp3) is 0.538. The smallest absolute Gasteiger partial charge is 0.0600 e. The van der Waals surface area contributed by atoms with E-state index in [1.165, 1.54) is 12.1 Å². The van der Waals surface area contributed by atoms with E-state index in [2.05, 4.69) is 17.0 Å². The standard InChI is InChI=1S/C13H18N2O/c14-12-3-1-2-4-13(12)15-6-5-10-8-16-9-11(10)7-15/h1-4,10-11H,5-9,14H2/t10-,11+/m0/s1. The number of hydrogen-bond acceptors (Lipinski definition) is 3. The lowest BCUT2D eigenvalue weighted by Crippen LogP contribution is -2.40. The molecule has 2 N–H and O–H groups in total. The normalized spacial score (nSPS) is 29.1. The molecule has 2 saturated heterocycles. The molecule has 2 heterocycles. The first kappa shape index (κ1) is 9.97. The van der Waals surface area contributed by atoms with Gasteiger partial charge in [-0.25, -0.2) is 0 Å². The highest BCUT2D eigenvalue weighted by Gasteiger charge is 2.34. The summed E-state index contributed by atoms with van der Waals surface area (Å²) in [7, 11) is 0. The molecule has 2 fully saturated rings. The van der Waals surface area contributed by atoms with E-state index in [0.29, 0.717) is 5.92 Å². The zero-order valence-electron chi connectivity index (χ0n) is 9.43. The van der Waals surface area contributed by atoms with E-state index < -0.39 is 0 Å². The summed E-state index contributed by atoms with van der Waals surface area (Å²) in [5.41, 5.74) is 8.09. The molecule has 0 saturated carbocycles. The SMILES string of the molecule is Nc1ccccc1N1CC[C@H]2COC[C@H]2C1. The van der Waals surface area contributed by atoms with Crippen molar-refractivity contribution in [2.75, 3.05) is 36.9 Å². The average molecular weight is 218 g/mol. The zero-order valence-corrected chi connectivity index (χ0v) is 9.43. The summed E-state index contributed by atoms with van der Waals surface area (Å²) in [6, 6.07) is 8.14. The number of ether oxygens (including phenoxy) is 1. The number of fused-ring (bicyclic) bond motifs is 1. The lowest BCUT2D eigenvalue weighted by Gasteiger charge is -2.36. The first-order valence-corrected chi connectivity index (χ1v) is 6.02. The number of anilines is 2. The van der Waals surface area contributed by atoms with Crippen LogP contribution in [0.15, 0.2) is 24.3 Å². The third-order valence-corrected chi connectivity index (χ3v) is 3.83. The molecule has 0 unspecified atom stereocenters. The predicted octanol–water partition coefficient (Wildman–Crippen LogP) is 1.74. The van der Waals surface area contributed by atoms with E-state index in [0.717, 1.165) is 37.9 Å². The number of para-hydroxylation sites is 2. The minimum atomic E-state index is 0.702. The van der Waals surface area contributed by atoms with Crippen LogP contribution < -0.4 is 10.6 Å². The Morgan fingerprint density at radius 2 is 2.00 bits per heavy atom. The Hall–Kier alpha value is -1.22. The molecule has 86 valence electrons. The zero-order chi connectivity index (χ0) is 11.0. The molecule has 2 aliphatic heterocycles. The van der Waals surface area contributed by atoms with E-state index in [-0.39, 0.29) is 0 Å². The topological polar surface area (TPSA) is 38.5 Å². The Balaban J connectivity index is 1.79. The van der Waals surface area contributed by atoms with Crippen molar-refractivity contribution in [3.05, 3.63) is 24.3 Å². The summed E-state index contributed by atoms with van der Waals surface area (Å²) in [6.07, 6.45) is 1.24. The number of nitrogen functional groups attached to an aromatic ring is 1. The third kappa shape index (κ3) is 1.65. The highest BCUT2D eigenvalue weighted by atomic mass is 16.5. The molecule has 0 radical (unpaired) electrons. The second-order valence-corrected chi connectivity index (χ2v) is 4.85. The Kier molecular flexibility index (Phi) is 2.48. The van der Waals surface area contributed by atoms with Gasteiger partial charge in [-0.2, -0.15) is 0 Å². The number of hydrogen-bond donors (Lipinski definition) is 1. The van der Waals surface area contributed by atoms with E-state index in [9.17, 15) is 0 Å². The molecule has 1 aromatic rings. The summed E-state index contributed by atoms with van der Waals surface area (Å²) in [5, 5.41) is 0. The van der Waals surface area contributed by atoms with Gasteiger partial charge in [0.2, 0.25) is 0 Å². The molecule has 3 rings (SSSR count). The first-order valence-electron chi connectivity index (χ1n) is 6.02. The van der Waals surface area contributed by atoms with Crippen LogP contribution in [-0.2, 0) is 4.74 Å². The largest absolute Gasteiger partial charge is 0.397 e. The summed E-state index contributed by atoms with van der Waals surface area (Å²) in [6.45, 7) is 4.09. The summed E-state index contributed by atoms with van der Waals surface area (Å²) in [4.78, 5) is 2.41. The minimum Gasteiger partial charge on any atom is -0.397 e. The summed E-state index contributed by atoms with van der Waals surface area (Å²) >= 11 is 0. The van der Waals surface area contributed by atoms with Crippen LogP contribution in [0.2, 0.25) is 0 Å². The van der Waals surface area contributed by atoms with Gasteiger partial charge in [-0.1, -0.05) is 12.1 Å².